The lowest BCUT2D eigenvalue weighted by atomic mass is 10.1. The lowest BCUT2D eigenvalue weighted by Crippen LogP contribution is -2.30. The van der Waals surface area contributed by atoms with Crippen molar-refractivity contribution in [2.75, 3.05) is 24.6 Å². The molecule has 1 saturated heterocycles. The number of sulfone groups is 1. The van der Waals surface area contributed by atoms with Crippen LogP contribution in [0.2, 0.25) is 0 Å². The van der Waals surface area contributed by atoms with Gasteiger partial charge in [0.15, 0.2) is 5.78 Å². The van der Waals surface area contributed by atoms with Gasteiger partial charge >= 0.3 is 0 Å². The van der Waals surface area contributed by atoms with E-state index in [-0.39, 0.29) is 17.3 Å². The molecule has 0 amide bonds. The van der Waals surface area contributed by atoms with Crippen LogP contribution in [0.3, 0.4) is 0 Å². The van der Waals surface area contributed by atoms with E-state index in [0.717, 1.165) is 31.6 Å². The van der Waals surface area contributed by atoms with Gasteiger partial charge in [-0.1, -0.05) is 6.92 Å². The molecule has 1 aliphatic rings. The molecule has 0 saturated carbocycles. The Balaban J connectivity index is 1.95. The zero-order chi connectivity index (χ0) is 15.3. The predicted molar refractivity (Wildman–Crippen MR) is 83.5 cm³/mol. The van der Waals surface area contributed by atoms with Gasteiger partial charge in [-0.15, -0.1) is 0 Å². The Morgan fingerprint density at radius 2 is 2.10 bits per heavy atom. The number of rotatable bonds is 7. The minimum Gasteiger partial charge on any atom is -0.342 e. The summed E-state index contributed by atoms with van der Waals surface area (Å²) in [5.74, 6) is 0.292. The van der Waals surface area contributed by atoms with Crippen molar-refractivity contribution in [3.8, 4) is 0 Å². The summed E-state index contributed by atoms with van der Waals surface area (Å²) >= 11 is 0. The first-order chi connectivity index (χ1) is 10.0. The number of aromatic nitrogens is 1. The quantitative estimate of drug-likeness (QED) is 0.780. The van der Waals surface area contributed by atoms with E-state index in [2.05, 4.69) is 9.88 Å². The molecule has 0 spiro atoms. The molecule has 0 aliphatic carbocycles. The van der Waals surface area contributed by atoms with Crippen molar-refractivity contribution in [3.63, 3.8) is 0 Å². The van der Waals surface area contributed by atoms with E-state index in [9.17, 15) is 13.2 Å². The highest BCUT2D eigenvalue weighted by molar-refractivity contribution is 7.91. The second kappa shape index (κ2) is 7.22. The highest BCUT2D eigenvalue weighted by atomic mass is 32.2. The molecule has 2 rings (SSSR count). The zero-order valence-corrected chi connectivity index (χ0v) is 13.4. The van der Waals surface area contributed by atoms with Crippen molar-refractivity contribution in [2.45, 2.75) is 38.6 Å². The van der Waals surface area contributed by atoms with Crippen LogP contribution in [0, 0.1) is 0 Å². The van der Waals surface area contributed by atoms with Gasteiger partial charge in [0.1, 0.15) is 9.84 Å². The average Bonchev–Trinajstić information content (AvgIpc) is 2.97. The first-order valence-electron chi connectivity index (χ1n) is 7.64. The summed E-state index contributed by atoms with van der Waals surface area (Å²) in [7, 11) is -2.98. The van der Waals surface area contributed by atoms with Crippen LogP contribution >= 0.6 is 0 Å². The molecular weight excluding hydrogens is 288 g/mol. The SMILES string of the molecule is CCS(=O)(=O)CCCC(=O)c1cccn1C1CCNCC1. The molecule has 1 N–H and O–H groups in total. The van der Waals surface area contributed by atoms with E-state index in [4.69, 9.17) is 0 Å². The molecule has 0 radical (unpaired) electrons. The molecule has 0 atom stereocenters. The van der Waals surface area contributed by atoms with Crippen molar-refractivity contribution >= 4 is 15.6 Å². The Labute approximate surface area is 126 Å². The number of hydrogen-bond acceptors (Lipinski definition) is 4. The maximum atomic E-state index is 12.3. The predicted octanol–water partition coefficient (Wildman–Crippen LogP) is 1.81. The van der Waals surface area contributed by atoms with Crippen LogP contribution in [0.1, 0.15) is 49.1 Å². The fourth-order valence-electron chi connectivity index (χ4n) is 2.76. The summed E-state index contributed by atoms with van der Waals surface area (Å²) in [5.41, 5.74) is 0.718. The molecule has 0 bridgehead atoms. The minimum absolute atomic E-state index is 0.0461. The van der Waals surface area contributed by atoms with Crippen LogP contribution in [-0.2, 0) is 9.84 Å². The summed E-state index contributed by atoms with van der Waals surface area (Å²) in [6.07, 6.45) is 4.73. The van der Waals surface area contributed by atoms with Gasteiger partial charge in [0.2, 0.25) is 0 Å². The van der Waals surface area contributed by atoms with Gasteiger partial charge in [0.25, 0.3) is 0 Å². The van der Waals surface area contributed by atoms with Crippen molar-refractivity contribution in [1.82, 2.24) is 9.88 Å². The summed E-state index contributed by atoms with van der Waals surface area (Å²) in [5, 5.41) is 3.32. The zero-order valence-electron chi connectivity index (χ0n) is 12.5. The smallest absolute Gasteiger partial charge is 0.179 e. The first kappa shape index (κ1) is 16.2. The van der Waals surface area contributed by atoms with Crippen LogP contribution < -0.4 is 5.32 Å². The number of Topliss-reactive ketones (excluding diaryl/α,β-unsaturated/α-hetero) is 1. The van der Waals surface area contributed by atoms with Gasteiger partial charge in [-0.2, -0.15) is 0 Å². The van der Waals surface area contributed by atoms with Crippen LogP contribution in [0.25, 0.3) is 0 Å². The largest absolute Gasteiger partial charge is 0.342 e. The van der Waals surface area contributed by atoms with Gasteiger partial charge in [-0.05, 0) is 44.5 Å². The average molecular weight is 312 g/mol. The molecule has 0 unspecified atom stereocenters. The van der Waals surface area contributed by atoms with Crippen molar-refractivity contribution in [2.24, 2.45) is 0 Å². The number of piperidine rings is 1. The van der Waals surface area contributed by atoms with Gasteiger partial charge in [-0.25, -0.2) is 8.42 Å². The third-order valence-corrected chi connectivity index (χ3v) is 5.86. The lowest BCUT2D eigenvalue weighted by Gasteiger charge is -2.25. The van der Waals surface area contributed by atoms with Crippen molar-refractivity contribution in [3.05, 3.63) is 24.0 Å². The highest BCUT2D eigenvalue weighted by Crippen LogP contribution is 2.22. The van der Waals surface area contributed by atoms with Crippen LogP contribution in [0.15, 0.2) is 18.3 Å². The fourth-order valence-corrected chi connectivity index (χ4v) is 3.63. The normalized spacial score (nSPS) is 17.0. The Morgan fingerprint density at radius 1 is 1.38 bits per heavy atom. The van der Waals surface area contributed by atoms with E-state index in [0.29, 0.717) is 18.9 Å². The fraction of sp³-hybridized carbons (Fsp3) is 0.667. The van der Waals surface area contributed by atoms with Crippen molar-refractivity contribution < 1.29 is 13.2 Å². The summed E-state index contributed by atoms with van der Waals surface area (Å²) in [6, 6.07) is 4.12. The molecular formula is C15H24N2O3S. The molecule has 1 aromatic heterocycles. The van der Waals surface area contributed by atoms with E-state index < -0.39 is 9.84 Å². The Morgan fingerprint density at radius 3 is 2.76 bits per heavy atom. The highest BCUT2D eigenvalue weighted by Gasteiger charge is 2.20. The second-order valence-corrected chi connectivity index (χ2v) is 8.02. The number of hydrogen-bond donors (Lipinski definition) is 1. The first-order valence-corrected chi connectivity index (χ1v) is 9.47. The standard InChI is InChI=1S/C15H24N2O3S/c1-2-21(19,20)12-4-6-15(18)14-5-3-11-17(14)13-7-9-16-10-8-13/h3,5,11,13,16H,2,4,6-10,12H2,1H3. The van der Waals surface area contributed by atoms with E-state index in [1.807, 2.05) is 18.3 Å². The lowest BCUT2D eigenvalue weighted by molar-refractivity contribution is 0.0969. The Bertz CT molecular complexity index is 571. The molecule has 1 aromatic rings. The van der Waals surface area contributed by atoms with Crippen LogP contribution in [0.4, 0.5) is 0 Å². The maximum Gasteiger partial charge on any atom is 0.179 e. The number of nitrogens with zero attached hydrogens (tertiary/aromatic N) is 1. The van der Waals surface area contributed by atoms with Crippen LogP contribution in [-0.4, -0.2) is 43.4 Å². The van der Waals surface area contributed by atoms with Crippen LogP contribution in [0.5, 0.6) is 0 Å². The third-order valence-electron chi connectivity index (χ3n) is 4.07. The Hall–Kier alpha value is -1.14. The molecule has 21 heavy (non-hydrogen) atoms. The molecule has 1 aliphatic heterocycles. The molecule has 118 valence electrons. The van der Waals surface area contributed by atoms with E-state index in [1.54, 1.807) is 6.92 Å². The van der Waals surface area contributed by atoms with E-state index in [1.165, 1.54) is 0 Å². The number of carbonyl (C=O) groups is 1. The van der Waals surface area contributed by atoms with Gasteiger partial charge in [-0.3, -0.25) is 4.79 Å². The monoisotopic (exact) mass is 312 g/mol. The van der Waals surface area contributed by atoms with Gasteiger partial charge < -0.3 is 9.88 Å². The van der Waals surface area contributed by atoms with Gasteiger partial charge in [0, 0.05) is 24.4 Å². The number of carbonyl (C=O) groups excluding carboxylic acids is 1. The Kier molecular flexibility index (Phi) is 5.58. The van der Waals surface area contributed by atoms with Gasteiger partial charge in [0.05, 0.1) is 11.4 Å². The minimum atomic E-state index is -2.98. The maximum absolute atomic E-state index is 12.3. The third kappa shape index (κ3) is 4.41. The van der Waals surface area contributed by atoms with E-state index >= 15 is 0 Å². The molecule has 2 heterocycles. The summed E-state index contributed by atoms with van der Waals surface area (Å²) < 4.78 is 25.0. The molecule has 1 fully saturated rings. The van der Waals surface area contributed by atoms with Crippen molar-refractivity contribution in [1.29, 1.82) is 0 Å². The second-order valence-electron chi connectivity index (χ2n) is 5.54. The molecule has 6 heteroatoms. The number of nitrogens with one attached hydrogen (secondary N) is 1. The topological polar surface area (TPSA) is 68.2 Å². The summed E-state index contributed by atoms with van der Waals surface area (Å²) in [6.45, 7) is 3.59. The molecule has 5 nitrogen and oxygen atoms in total. The molecule has 0 aromatic carbocycles. The summed E-state index contributed by atoms with van der Waals surface area (Å²) in [4.78, 5) is 12.3. The number of ketones is 1.